The number of ketones is 1. The molecule has 6 nitrogen and oxygen atoms in total. The van der Waals surface area contributed by atoms with E-state index in [1.165, 1.54) is 12.0 Å². The topological polar surface area (TPSA) is 87.1 Å². The number of likely N-dealkylation sites (tertiary alicyclic amines) is 1. The van der Waals surface area contributed by atoms with Crippen LogP contribution in [0.5, 0.6) is 5.75 Å². The summed E-state index contributed by atoms with van der Waals surface area (Å²) in [5.41, 5.74) is 0.972. The van der Waals surface area contributed by atoms with E-state index in [0.717, 1.165) is 0 Å². The maximum absolute atomic E-state index is 12.6. The van der Waals surface area contributed by atoms with E-state index in [1.807, 2.05) is 0 Å². The van der Waals surface area contributed by atoms with Crippen molar-refractivity contribution in [1.82, 2.24) is 4.90 Å². The molecule has 2 N–H and O–H groups in total. The van der Waals surface area contributed by atoms with E-state index in [2.05, 4.69) is 0 Å². The van der Waals surface area contributed by atoms with Crippen molar-refractivity contribution in [3.8, 4) is 5.75 Å². The number of Topliss-reactive ketones (excluding diaryl/α,β-unsaturated/α-hetero) is 1. The molecule has 0 aliphatic carbocycles. The summed E-state index contributed by atoms with van der Waals surface area (Å²) in [5, 5.41) is 20.6. The van der Waals surface area contributed by atoms with Gasteiger partial charge in [0.25, 0.3) is 11.7 Å². The van der Waals surface area contributed by atoms with E-state index in [0.29, 0.717) is 21.9 Å². The first-order valence-electron chi connectivity index (χ1n) is 8.27. The van der Waals surface area contributed by atoms with Crippen molar-refractivity contribution in [2.45, 2.75) is 6.04 Å². The zero-order valence-corrected chi connectivity index (χ0v) is 15.3. The molecule has 140 valence electrons. The van der Waals surface area contributed by atoms with Gasteiger partial charge in [0.15, 0.2) is 0 Å². The smallest absolute Gasteiger partial charge is 0.295 e. The fraction of sp³-hybridized carbons (Fsp3) is 0.200. The van der Waals surface area contributed by atoms with Gasteiger partial charge in [0.2, 0.25) is 0 Å². The van der Waals surface area contributed by atoms with Crippen LogP contribution in [0.2, 0.25) is 5.02 Å². The predicted octanol–water partition coefficient (Wildman–Crippen LogP) is 2.76. The Morgan fingerprint density at radius 3 is 2.30 bits per heavy atom. The van der Waals surface area contributed by atoms with Gasteiger partial charge in [0, 0.05) is 17.1 Å². The summed E-state index contributed by atoms with van der Waals surface area (Å²) < 4.78 is 5.14. The molecule has 7 heteroatoms. The summed E-state index contributed by atoms with van der Waals surface area (Å²) in [4.78, 5) is 26.4. The number of benzene rings is 2. The maximum Gasteiger partial charge on any atom is 0.295 e. The predicted molar refractivity (Wildman–Crippen MR) is 101 cm³/mol. The molecule has 1 aliphatic rings. The van der Waals surface area contributed by atoms with Gasteiger partial charge in [-0.3, -0.25) is 9.59 Å². The molecule has 1 heterocycles. The number of hydrogen-bond donors (Lipinski definition) is 2. The summed E-state index contributed by atoms with van der Waals surface area (Å²) in [5.74, 6) is -1.22. The first kappa shape index (κ1) is 18.9. The number of ether oxygens (including phenoxy) is 1. The Hall–Kier alpha value is -2.83. The van der Waals surface area contributed by atoms with Crippen molar-refractivity contribution >= 4 is 29.1 Å². The standard InChI is InChI=1S/C20H18ClNO5/c1-27-15-8-4-12(5-9-15)17-16(19(25)20(26)22(17)10-11-23)18(24)13-2-6-14(21)7-3-13/h2-9,17,23-24H,10-11H2,1H3/b18-16-. The molecule has 1 unspecified atom stereocenters. The van der Waals surface area contributed by atoms with Crippen LogP contribution >= 0.6 is 11.6 Å². The third kappa shape index (κ3) is 3.54. The number of rotatable bonds is 5. The van der Waals surface area contributed by atoms with Crippen LogP contribution in [0.4, 0.5) is 0 Å². The largest absolute Gasteiger partial charge is 0.507 e. The van der Waals surface area contributed by atoms with Crippen LogP contribution in [0.1, 0.15) is 17.2 Å². The lowest BCUT2D eigenvalue weighted by Gasteiger charge is -2.24. The molecule has 2 aromatic carbocycles. The Balaban J connectivity index is 2.15. The van der Waals surface area contributed by atoms with Gasteiger partial charge >= 0.3 is 0 Å². The van der Waals surface area contributed by atoms with Gasteiger partial charge in [0.05, 0.1) is 25.3 Å². The molecule has 1 saturated heterocycles. The Morgan fingerprint density at radius 1 is 1.11 bits per heavy atom. The third-order valence-corrected chi connectivity index (χ3v) is 4.68. The second kappa shape index (κ2) is 7.82. The normalized spacial score (nSPS) is 18.8. The highest BCUT2D eigenvalue weighted by atomic mass is 35.5. The summed E-state index contributed by atoms with van der Waals surface area (Å²) in [6.07, 6.45) is 0. The third-order valence-electron chi connectivity index (χ3n) is 4.43. The van der Waals surface area contributed by atoms with Gasteiger partial charge in [-0.25, -0.2) is 0 Å². The van der Waals surface area contributed by atoms with Crippen molar-refractivity contribution in [2.75, 3.05) is 20.3 Å². The maximum atomic E-state index is 12.6. The molecule has 0 bridgehead atoms. The summed E-state index contributed by atoms with van der Waals surface area (Å²) in [6, 6.07) is 12.4. The van der Waals surface area contributed by atoms with E-state index in [9.17, 15) is 19.8 Å². The second-order valence-electron chi connectivity index (χ2n) is 6.00. The number of aliphatic hydroxyl groups is 2. The van der Waals surface area contributed by atoms with Crippen molar-refractivity contribution in [3.05, 3.63) is 70.3 Å². The number of carbonyl (C=O) groups is 2. The molecular weight excluding hydrogens is 370 g/mol. The minimum Gasteiger partial charge on any atom is -0.507 e. The first-order chi connectivity index (χ1) is 13.0. The lowest BCUT2D eigenvalue weighted by Crippen LogP contribution is -2.32. The molecule has 1 atom stereocenters. The Morgan fingerprint density at radius 2 is 1.74 bits per heavy atom. The van der Waals surface area contributed by atoms with Crippen LogP contribution in [0.25, 0.3) is 5.76 Å². The molecule has 0 radical (unpaired) electrons. The SMILES string of the molecule is COc1ccc(C2/C(=C(/O)c3ccc(Cl)cc3)C(=O)C(=O)N2CCO)cc1. The molecule has 1 fully saturated rings. The zero-order chi connectivity index (χ0) is 19.6. The lowest BCUT2D eigenvalue weighted by atomic mass is 9.95. The van der Waals surface area contributed by atoms with Gasteiger partial charge < -0.3 is 19.8 Å². The number of methoxy groups -OCH3 is 1. The fourth-order valence-electron chi connectivity index (χ4n) is 3.11. The number of amides is 1. The molecule has 1 amide bonds. The molecule has 0 spiro atoms. The molecule has 0 aromatic heterocycles. The molecule has 0 saturated carbocycles. The minimum atomic E-state index is -0.807. The van der Waals surface area contributed by atoms with E-state index in [1.54, 1.807) is 48.5 Å². The van der Waals surface area contributed by atoms with Crippen LogP contribution in [0, 0.1) is 0 Å². The molecular formula is C20H18ClNO5. The van der Waals surface area contributed by atoms with E-state index < -0.39 is 17.7 Å². The zero-order valence-electron chi connectivity index (χ0n) is 14.6. The first-order valence-corrected chi connectivity index (χ1v) is 8.65. The number of hydrogen-bond acceptors (Lipinski definition) is 5. The van der Waals surface area contributed by atoms with Gasteiger partial charge in [-0.15, -0.1) is 0 Å². The Bertz CT molecular complexity index is 890. The number of halogens is 1. The van der Waals surface area contributed by atoms with E-state index in [4.69, 9.17) is 16.3 Å². The summed E-state index contributed by atoms with van der Waals surface area (Å²) in [6.45, 7) is -0.334. The number of β-amino-alcohol motifs (C(OH)–C–C–N with tert-alkyl or cyclic N) is 1. The van der Waals surface area contributed by atoms with Crippen molar-refractivity contribution in [2.24, 2.45) is 0 Å². The van der Waals surface area contributed by atoms with Crippen LogP contribution < -0.4 is 4.74 Å². The average Bonchev–Trinajstić information content (AvgIpc) is 2.93. The molecule has 2 aromatic rings. The Labute approximate surface area is 161 Å². The van der Waals surface area contributed by atoms with Crippen LogP contribution in [-0.4, -0.2) is 47.1 Å². The second-order valence-corrected chi connectivity index (χ2v) is 6.43. The number of carbonyl (C=O) groups excluding carboxylic acids is 2. The molecule has 27 heavy (non-hydrogen) atoms. The monoisotopic (exact) mass is 387 g/mol. The van der Waals surface area contributed by atoms with Gasteiger partial charge in [-0.05, 0) is 42.0 Å². The van der Waals surface area contributed by atoms with Crippen molar-refractivity contribution < 1.29 is 24.5 Å². The van der Waals surface area contributed by atoms with Gasteiger partial charge in [-0.2, -0.15) is 0 Å². The van der Waals surface area contributed by atoms with Crippen LogP contribution in [-0.2, 0) is 9.59 Å². The van der Waals surface area contributed by atoms with Crippen LogP contribution in [0.3, 0.4) is 0 Å². The number of aliphatic hydroxyl groups excluding tert-OH is 2. The van der Waals surface area contributed by atoms with E-state index >= 15 is 0 Å². The van der Waals surface area contributed by atoms with Gasteiger partial charge in [0.1, 0.15) is 11.5 Å². The fourth-order valence-corrected chi connectivity index (χ4v) is 3.24. The summed E-state index contributed by atoms with van der Waals surface area (Å²) in [7, 11) is 1.54. The minimum absolute atomic E-state index is 0.0269. The number of nitrogens with zero attached hydrogens (tertiary/aromatic N) is 1. The molecule has 1 aliphatic heterocycles. The molecule has 3 rings (SSSR count). The highest BCUT2D eigenvalue weighted by Gasteiger charge is 2.45. The van der Waals surface area contributed by atoms with Crippen molar-refractivity contribution in [1.29, 1.82) is 0 Å². The Kier molecular flexibility index (Phi) is 5.48. The highest BCUT2D eigenvalue weighted by molar-refractivity contribution is 6.46. The quantitative estimate of drug-likeness (QED) is 0.468. The summed E-state index contributed by atoms with van der Waals surface area (Å²) >= 11 is 5.88. The van der Waals surface area contributed by atoms with Crippen LogP contribution in [0.15, 0.2) is 54.1 Å². The average molecular weight is 388 g/mol. The van der Waals surface area contributed by atoms with Crippen molar-refractivity contribution in [3.63, 3.8) is 0 Å². The highest BCUT2D eigenvalue weighted by Crippen LogP contribution is 2.39. The van der Waals surface area contributed by atoms with Gasteiger partial charge in [-0.1, -0.05) is 23.7 Å². The van der Waals surface area contributed by atoms with E-state index in [-0.39, 0.29) is 24.5 Å². The lowest BCUT2D eigenvalue weighted by molar-refractivity contribution is -0.140.